The van der Waals surface area contributed by atoms with Crippen LogP contribution >= 0.6 is 0 Å². The summed E-state index contributed by atoms with van der Waals surface area (Å²) in [5, 5.41) is 9.70. The molecule has 3 heteroatoms. The number of carbonyl (C=O) groups is 1. The zero-order chi connectivity index (χ0) is 13.6. The molecule has 1 aromatic carbocycles. The minimum atomic E-state index is -0.158. The quantitative estimate of drug-likeness (QED) is 0.884. The second kappa shape index (κ2) is 4.34. The van der Waals surface area contributed by atoms with E-state index in [0.717, 1.165) is 24.9 Å². The maximum atomic E-state index is 12.6. The molecule has 0 radical (unpaired) electrons. The fraction of sp³-hybridized carbons (Fsp3) is 0.562. The third kappa shape index (κ3) is 2.06. The number of fused-ring (bicyclic) bond motifs is 1. The average molecular weight is 259 g/mol. The van der Waals surface area contributed by atoms with Gasteiger partial charge in [-0.05, 0) is 29.4 Å². The van der Waals surface area contributed by atoms with E-state index in [2.05, 4.69) is 19.9 Å². The van der Waals surface area contributed by atoms with Crippen LogP contribution in [0.25, 0.3) is 0 Å². The number of benzene rings is 1. The van der Waals surface area contributed by atoms with Crippen LogP contribution in [0.1, 0.15) is 37.4 Å². The highest BCUT2D eigenvalue weighted by Crippen LogP contribution is 2.53. The number of hydrogen-bond acceptors (Lipinski definition) is 2. The van der Waals surface area contributed by atoms with Crippen molar-refractivity contribution in [2.75, 3.05) is 13.2 Å². The van der Waals surface area contributed by atoms with Crippen LogP contribution in [0.3, 0.4) is 0 Å². The maximum Gasteiger partial charge on any atom is 0.226 e. The van der Waals surface area contributed by atoms with E-state index in [0.29, 0.717) is 0 Å². The third-order valence-electron chi connectivity index (χ3n) is 4.68. The molecule has 3 rings (SSSR count). The molecule has 2 atom stereocenters. The van der Waals surface area contributed by atoms with Crippen molar-refractivity contribution in [1.29, 1.82) is 0 Å². The zero-order valence-electron chi connectivity index (χ0n) is 11.6. The lowest BCUT2D eigenvalue weighted by Crippen LogP contribution is -2.42. The lowest BCUT2D eigenvalue weighted by atomic mass is 9.92. The molecule has 1 saturated carbocycles. The van der Waals surface area contributed by atoms with Crippen molar-refractivity contribution in [2.45, 2.75) is 32.7 Å². The van der Waals surface area contributed by atoms with E-state index in [9.17, 15) is 9.90 Å². The molecule has 19 heavy (non-hydrogen) atoms. The second-order valence-corrected chi connectivity index (χ2v) is 6.42. The molecule has 1 aliphatic carbocycles. The van der Waals surface area contributed by atoms with Crippen LogP contribution in [0, 0.1) is 11.3 Å². The fourth-order valence-electron chi connectivity index (χ4n) is 3.20. The van der Waals surface area contributed by atoms with Crippen molar-refractivity contribution in [3.8, 4) is 0 Å². The van der Waals surface area contributed by atoms with E-state index in [1.54, 1.807) is 0 Å². The summed E-state index contributed by atoms with van der Waals surface area (Å²) in [5.74, 6) is 0.366. The van der Waals surface area contributed by atoms with Gasteiger partial charge in [-0.25, -0.2) is 0 Å². The minimum Gasteiger partial charge on any atom is -0.394 e. The third-order valence-corrected chi connectivity index (χ3v) is 4.68. The highest BCUT2D eigenvalue weighted by atomic mass is 16.3. The molecule has 0 unspecified atom stereocenters. The Morgan fingerprint density at radius 1 is 1.42 bits per heavy atom. The van der Waals surface area contributed by atoms with Gasteiger partial charge in [0, 0.05) is 12.5 Å². The Morgan fingerprint density at radius 3 is 2.74 bits per heavy atom. The molecule has 1 N–H and O–H groups in total. The Morgan fingerprint density at radius 2 is 2.11 bits per heavy atom. The van der Waals surface area contributed by atoms with E-state index >= 15 is 0 Å². The number of nitrogens with zero attached hydrogens (tertiary/aromatic N) is 1. The summed E-state index contributed by atoms with van der Waals surface area (Å²) in [7, 11) is 0. The molecule has 0 bridgehead atoms. The summed E-state index contributed by atoms with van der Waals surface area (Å²) in [4.78, 5) is 14.5. The Kier molecular flexibility index (Phi) is 2.90. The van der Waals surface area contributed by atoms with Gasteiger partial charge in [-0.3, -0.25) is 4.79 Å². The first-order valence-electron chi connectivity index (χ1n) is 7.04. The Labute approximate surface area is 114 Å². The van der Waals surface area contributed by atoms with Gasteiger partial charge in [0.1, 0.15) is 0 Å². The van der Waals surface area contributed by atoms with Crippen LogP contribution in [0.5, 0.6) is 0 Å². The van der Waals surface area contributed by atoms with Crippen molar-refractivity contribution in [3.63, 3.8) is 0 Å². The monoisotopic (exact) mass is 259 g/mol. The Bertz CT molecular complexity index is 509. The molecule has 102 valence electrons. The summed E-state index contributed by atoms with van der Waals surface area (Å²) in [6.45, 7) is 5.02. The van der Waals surface area contributed by atoms with E-state index in [4.69, 9.17) is 0 Å². The van der Waals surface area contributed by atoms with E-state index in [-0.39, 0.29) is 29.9 Å². The zero-order valence-corrected chi connectivity index (χ0v) is 11.6. The molecule has 1 fully saturated rings. The number of carbonyl (C=O) groups excluding carboxylic acids is 1. The lowest BCUT2D eigenvalue weighted by molar-refractivity contribution is -0.137. The van der Waals surface area contributed by atoms with Crippen LogP contribution in [0.4, 0.5) is 0 Å². The molecule has 1 aliphatic heterocycles. The number of aliphatic hydroxyl groups is 1. The molecule has 0 saturated heterocycles. The van der Waals surface area contributed by atoms with Crippen LogP contribution in [0.15, 0.2) is 24.3 Å². The van der Waals surface area contributed by atoms with Gasteiger partial charge in [0.15, 0.2) is 0 Å². The number of rotatable bonds is 2. The summed E-state index contributed by atoms with van der Waals surface area (Å²) in [6.07, 6.45) is 1.87. The highest BCUT2D eigenvalue weighted by Gasteiger charge is 2.53. The van der Waals surface area contributed by atoms with Gasteiger partial charge >= 0.3 is 0 Å². The van der Waals surface area contributed by atoms with Crippen molar-refractivity contribution in [3.05, 3.63) is 35.4 Å². The van der Waals surface area contributed by atoms with Gasteiger partial charge in [0.05, 0.1) is 12.6 Å². The number of amides is 1. The van der Waals surface area contributed by atoms with Gasteiger partial charge in [0.25, 0.3) is 0 Å². The van der Waals surface area contributed by atoms with Crippen molar-refractivity contribution < 1.29 is 9.90 Å². The lowest BCUT2D eigenvalue weighted by Gasteiger charge is -2.37. The maximum absolute atomic E-state index is 12.6. The molecular formula is C16H21NO2. The predicted octanol–water partition coefficient (Wildman–Crippen LogP) is 2.15. The smallest absolute Gasteiger partial charge is 0.226 e. The second-order valence-electron chi connectivity index (χ2n) is 6.42. The summed E-state index contributed by atoms with van der Waals surface area (Å²) in [5.41, 5.74) is 2.53. The summed E-state index contributed by atoms with van der Waals surface area (Å²) < 4.78 is 0. The first kappa shape index (κ1) is 12.7. The van der Waals surface area contributed by atoms with Gasteiger partial charge in [-0.15, -0.1) is 0 Å². The first-order chi connectivity index (χ1) is 9.04. The molecule has 1 heterocycles. The van der Waals surface area contributed by atoms with Gasteiger partial charge in [-0.1, -0.05) is 38.1 Å². The van der Waals surface area contributed by atoms with Gasteiger partial charge in [-0.2, -0.15) is 0 Å². The van der Waals surface area contributed by atoms with Gasteiger partial charge in [0.2, 0.25) is 5.91 Å². The summed E-state index contributed by atoms with van der Waals surface area (Å²) >= 11 is 0. The fourth-order valence-corrected chi connectivity index (χ4v) is 3.20. The van der Waals surface area contributed by atoms with Crippen molar-refractivity contribution >= 4 is 5.91 Å². The largest absolute Gasteiger partial charge is 0.394 e. The standard InChI is InChI=1S/C16H21NO2/c1-16(2)9-13(16)15(19)17-8-7-11-5-3-4-6-12(11)14(17)10-18/h3-6,13-14,18H,7-10H2,1-2H3/t13-,14+/m0/s1. The van der Waals surface area contributed by atoms with Crippen molar-refractivity contribution in [1.82, 2.24) is 4.90 Å². The molecular weight excluding hydrogens is 238 g/mol. The molecule has 3 nitrogen and oxygen atoms in total. The SMILES string of the molecule is CC1(C)C[C@H]1C(=O)N1CCc2ccccc2[C@H]1CO. The molecule has 1 aromatic rings. The van der Waals surface area contributed by atoms with Crippen LogP contribution in [-0.4, -0.2) is 29.1 Å². The number of aliphatic hydroxyl groups excluding tert-OH is 1. The molecule has 0 aromatic heterocycles. The normalized spacial score (nSPS) is 27.8. The Hall–Kier alpha value is -1.35. The summed E-state index contributed by atoms with van der Waals surface area (Å²) in [6, 6.07) is 7.98. The van der Waals surface area contributed by atoms with E-state index in [1.165, 1.54) is 5.56 Å². The van der Waals surface area contributed by atoms with E-state index in [1.807, 2.05) is 23.1 Å². The first-order valence-corrected chi connectivity index (χ1v) is 7.04. The predicted molar refractivity (Wildman–Crippen MR) is 73.6 cm³/mol. The van der Waals surface area contributed by atoms with E-state index < -0.39 is 0 Å². The van der Waals surface area contributed by atoms with Crippen LogP contribution in [0.2, 0.25) is 0 Å². The minimum absolute atomic E-state index is 0.00982. The van der Waals surface area contributed by atoms with Crippen LogP contribution < -0.4 is 0 Å². The number of hydrogen-bond donors (Lipinski definition) is 1. The van der Waals surface area contributed by atoms with Gasteiger partial charge < -0.3 is 10.0 Å². The molecule has 0 spiro atoms. The Balaban J connectivity index is 1.86. The topological polar surface area (TPSA) is 40.5 Å². The average Bonchev–Trinajstić information content (AvgIpc) is 3.05. The molecule has 1 amide bonds. The van der Waals surface area contributed by atoms with Crippen molar-refractivity contribution in [2.24, 2.45) is 11.3 Å². The highest BCUT2D eigenvalue weighted by molar-refractivity contribution is 5.83. The van der Waals surface area contributed by atoms with Crippen LogP contribution in [-0.2, 0) is 11.2 Å². The molecule has 2 aliphatic rings.